The van der Waals surface area contributed by atoms with Gasteiger partial charge in [0.25, 0.3) is 0 Å². The monoisotopic (exact) mass is 202 g/mol. The van der Waals surface area contributed by atoms with Crippen LogP contribution < -0.4 is 0 Å². The third kappa shape index (κ3) is 3.64. The molecule has 0 amide bonds. The summed E-state index contributed by atoms with van der Waals surface area (Å²) < 4.78 is 15.6. The van der Waals surface area contributed by atoms with Crippen molar-refractivity contribution in [1.82, 2.24) is 0 Å². The van der Waals surface area contributed by atoms with Gasteiger partial charge in [-0.3, -0.25) is 4.79 Å². The molecule has 1 rings (SSSR count). The van der Waals surface area contributed by atoms with Gasteiger partial charge < -0.3 is 14.2 Å². The smallest absolute Gasteiger partial charge is 0.311 e. The molecule has 1 heterocycles. The molecule has 0 atom stereocenters. The normalized spacial score (nSPS) is 19.6. The van der Waals surface area contributed by atoms with Crippen LogP contribution in [0.25, 0.3) is 0 Å². The van der Waals surface area contributed by atoms with Crippen molar-refractivity contribution in [2.45, 2.75) is 38.9 Å². The Morgan fingerprint density at radius 2 is 2.07 bits per heavy atom. The van der Waals surface area contributed by atoms with Crippen LogP contribution in [0.4, 0.5) is 0 Å². The van der Waals surface area contributed by atoms with Crippen molar-refractivity contribution in [3.05, 3.63) is 0 Å². The highest BCUT2D eigenvalue weighted by atomic mass is 16.7. The molecular formula is C10H18O4. The Morgan fingerprint density at radius 3 is 2.64 bits per heavy atom. The maximum atomic E-state index is 11.3. The SMILES string of the molecule is CCCCOC(=O)CC1(C)OCCO1. The summed E-state index contributed by atoms with van der Waals surface area (Å²) in [6.45, 7) is 5.42. The minimum atomic E-state index is -0.761. The van der Waals surface area contributed by atoms with Crippen LogP contribution in [0.3, 0.4) is 0 Å². The molecule has 0 aliphatic carbocycles. The van der Waals surface area contributed by atoms with E-state index in [9.17, 15) is 4.79 Å². The van der Waals surface area contributed by atoms with Gasteiger partial charge >= 0.3 is 5.97 Å². The van der Waals surface area contributed by atoms with Crippen molar-refractivity contribution in [1.29, 1.82) is 0 Å². The van der Waals surface area contributed by atoms with Crippen molar-refractivity contribution in [3.8, 4) is 0 Å². The summed E-state index contributed by atoms with van der Waals surface area (Å²) in [5.41, 5.74) is 0. The minimum absolute atomic E-state index is 0.177. The Hall–Kier alpha value is -0.610. The van der Waals surface area contributed by atoms with Crippen molar-refractivity contribution in [2.75, 3.05) is 19.8 Å². The molecule has 0 radical (unpaired) electrons. The lowest BCUT2D eigenvalue weighted by atomic mass is 10.2. The Bertz CT molecular complexity index is 185. The molecule has 0 saturated carbocycles. The van der Waals surface area contributed by atoms with Crippen LogP contribution in [0, 0.1) is 0 Å². The number of hydrogen-bond acceptors (Lipinski definition) is 4. The third-order valence-electron chi connectivity index (χ3n) is 2.12. The number of carbonyl (C=O) groups excluding carboxylic acids is 1. The van der Waals surface area contributed by atoms with Gasteiger partial charge in [-0.15, -0.1) is 0 Å². The number of hydrogen-bond donors (Lipinski definition) is 0. The van der Waals surface area contributed by atoms with E-state index in [1.165, 1.54) is 0 Å². The fourth-order valence-electron chi connectivity index (χ4n) is 1.30. The number of esters is 1. The van der Waals surface area contributed by atoms with Gasteiger partial charge in [0.1, 0.15) is 0 Å². The summed E-state index contributed by atoms with van der Waals surface area (Å²) in [7, 11) is 0. The molecule has 0 aromatic carbocycles. The molecule has 82 valence electrons. The van der Waals surface area contributed by atoms with Crippen molar-refractivity contribution < 1.29 is 19.0 Å². The first kappa shape index (κ1) is 11.5. The zero-order valence-corrected chi connectivity index (χ0v) is 8.88. The molecule has 4 heteroatoms. The zero-order chi connectivity index (χ0) is 10.4. The van der Waals surface area contributed by atoms with Gasteiger partial charge in [0.15, 0.2) is 5.79 Å². The van der Waals surface area contributed by atoms with Gasteiger partial charge in [-0.25, -0.2) is 0 Å². The van der Waals surface area contributed by atoms with Gasteiger partial charge in [-0.05, 0) is 13.3 Å². The maximum Gasteiger partial charge on any atom is 0.311 e. The van der Waals surface area contributed by atoms with E-state index in [-0.39, 0.29) is 12.4 Å². The number of unbranched alkanes of at least 4 members (excludes halogenated alkanes) is 1. The van der Waals surface area contributed by atoms with Crippen molar-refractivity contribution in [3.63, 3.8) is 0 Å². The summed E-state index contributed by atoms with van der Waals surface area (Å²) in [4.78, 5) is 11.3. The van der Waals surface area contributed by atoms with E-state index in [0.717, 1.165) is 12.8 Å². The Balaban J connectivity index is 2.19. The molecule has 1 saturated heterocycles. The summed E-state index contributed by atoms with van der Waals surface area (Å²) in [6.07, 6.45) is 2.11. The third-order valence-corrected chi connectivity index (χ3v) is 2.12. The zero-order valence-electron chi connectivity index (χ0n) is 8.88. The molecule has 1 aliphatic rings. The maximum absolute atomic E-state index is 11.3. The fourth-order valence-corrected chi connectivity index (χ4v) is 1.30. The fraction of sp³-hybridized carbons (Fsp3) is 0.900. The van der Waals surface area contributed by atoms with Crippen molar-refractivity contribution >= 4 is 5.97 Å². The van der Waals surface area contributed by atoms with Gasteiger partial charge in [-0.2, -0.15) is 0 Å². The molecule has 0 bridgehead atoms. The second kappa shape index (κ2) is 5.32. The van der Waals surface area contributed by atoms with E-state index >= 15 is 0 Å². The second-order valence-electron chi connectivity index (χ2n) is 3.58. The molecule has 0 spiro atoms. The van der Waals surface area contributed by atoms with Crippen LogP contribution in [0.5, 0.6) is 0 Å². The first-order valence-corrected chi connectivity index (χ1v) is 5.10. The summed E-state index contributed by atoms with van der Waals surface area (Å²) >= 11 is 0. The molecular weight excluding hydrogens is 184 g/mol. The first-order valence-electron chi connectivity index (χ1n) is 5.10. The predicted octanol–water partition coefficient (Wildman–Crippen LogP) is 1.48. The summed E-state index contributed by atoms with van der Waals surface area (Å²) in [5.74, 6) is -1.01. The molecule has 14 heavy (non-hydrogen) atoms. The van der Waals surface area contributed by atoms with Crippen LogP contribution in [0.15, 0.2) is 0 Å². The van der Waals surface area contributed by atoms with Crippen LogP contribution >= 0.6 is 0 Å². The van der Waals surface area contributed by atoms with Crippen LogP contribution in [-0.2, 0) is 19.0 Å². The van der Waals surface area contributed by atoms with E-state index < -0.39 is 5.79 Å². The Kier molecular flexibility index (Phi) is 4.35. The average Bonchev–Trinajstić information content (AvgIpc) is 2.52. The minimum Gasteiger partial charge on any atom is -0.466 e. The van der Waals surface area contributed by atoms with Gasteiger partial charge in [-0.1, -0.05) is 13.3 Å². The van der Waals surface area contributed by atoms with Crippen LogP contribution in [0.1, 0.15) is 33.1 Å². The molecule has 4 nitrogen and oxygen atoms in total. The summed E-state index contributed by atoms with van der Waals surface area (Å²) in [5, 5.41) is 0. The standard InChI is InChI=1S/C10H18O4/c1-3-4-5-12-9(11)8-10(2)13-6-7-14-10/h3-8H2,1-2H3. The van der Waals surface area contributed by atoms with Gasteiger partial charge in [0, 0.05) is 0 Å². The van der Waals surface area contributed by atoms with E-state index in [2.05, 4.69) is 6.92 Å². The molecule has 0 N–H and O–H groups in total. The lowest BCUT2D eigenvalue weighted by Crippen LogP contribution is -2.30. The van der Waals surface area contributed by atoms with E-state index in [1.807, 2.05) is 0 Å². The number of rotatable bonds is 5. The first-order chi connectivity index (χ1) is 6.66. The Morgan fingerprint density at radius 1 is 1.43 bits per heavy atom. The van der Waals surface area contributed by atoms with Gasteiger partial charge in [0.2, 0.25) is 0 Å². The highest BCUT2D eigenvalue weighted by Gasteiger charge is 2.34. The van der Waals surface area contributed by atoms with E-state index in [1.54, 1.807) is 6.92 Å². The number of ether oxygens (including phenoxy) is 3. The molecule has 0 aromatic heterocycles. The predicted molar refractivity (Wildman–Crippen MR) is 50.8 cm³/mol. The lowest BCUT2D eigenvalue weighted by molar-refractivity contribution is -0.174. The quantitative estimate of drug-likeness (QED) is 0.500. The topological polar surface area (TPSA) is 44.8 Å². The van der Waals surface area contributed by atoms with Crippen LogP contribution in [0.2, 0.25) is 0 Å². The van der Waals surface area contributed by atoms with Crippen LogP contribution in [-0.4, -0.2) is 31.6 Å². The molecule has 0 unspecified atom stereocenters. The van der Waals surface area contributed by atoms with E-state index in [0.29, 0.717) is 19.8 Å². The second-order valence-corrected chi connectivity index (χ2v) is 3.58. The summed E-state index contributed by atoms with van der Waals surface area (Å²) in [6, 6.07) is 0. The highest BCUT2D eigenvalue weighted by molar-refractivity contribution is 5.70. The number of carbonyl (C=O) groups is 1. The largest absolute Gasteiger partial charge is 0.466 e. The molecule has 1 fully saturated rings. The molecule has 1 aliphatic heterocycles. The van der Waals surface area contributed by atoms with E-state index in [4.69, 9.17) is 14.2 Å². The average molecular weight is 202 g/mol. The van der Waals surface area contributed by atoms with Crippen molar-refractivity contribution in [2.24, 2.45) is 0 Å². The highest BCUT2D eigenvalue weighted by Crippen LogP contribution is 2.22. The molecule has 0 aromatic rings. The Labute approximate surface area is 84.5 Å². The van der Waals surface area contributed by atoms with Gasteiger partial charge in [0.05, 0.1) is 26.2 Å². The lowest BCUT2D eigenvalue weighted by Gasteiger charge is -2.20.